The largest absolute Gasteiger partial charge is 0.481 e. The van der Waals surface area contributed by atoms with E-state index in [-0.39, 0.29) is 37.2 Å². The van der Waals surface area contributed by atoms with Crippen molar-refractivity contribution in [3.8, 4) is 0 Å². The first-order valence-electron chi connectivity index (χ1n) is 11.7. The maximum atomic E-state index is 13.5. The van der Waals surface area contributed by atoms with Crippen LogP contribution in [0.15, 0.2) is 36.4 Å². The molecule has 4 rings (SSSR count). The van der Waals surface area contributed by atoms with Crippen molar-refractivity contribution in [3.05, 3.63) is 42.0 Å². The number of anilines is 1. The molecule has 2 fully saturated rings. The first kappa shape index (κ1) is 25.4. The molecule has 0 saturated carbocycles. The Labute approximate surface area is 211 Å². The van der Waals surface area contributed by atoms with Crippen LogP contribution < -0.4 is 16.5 Å². The normalized spacial score (nSPS) is 18.6. The van der Waals surface area contributed by atoms with Gasteiger partial charge in [-0.3, -0.25) is 24.6 Å². The fourth-order valence-electron chi connectivity index (χ4n) is 4.45. The summed E-state index contributed by atoms with van der Waals surface area (Å²) in [5.74, 6) is -3.16. The van der Waals surface area contributed by atoms with Crippen molar-refractivity contribution in [2.24, 2.45) is 0 Å². The predicted octanol–water partition coefficient (Wildman–Crippen LogP) is 0.259. The van der Waals surface area contributed by atoms with Crippen LogP contribution >= 0.6 is 0 Å². The summed E-state index contributed by atoms with van der Waals surface area (Å²) in [5, 5.41) is 15.9. The zero-order valence-corrected chi connectivity index (χ0v) is 19.8. The fourth-order valence-corrected chi connectivity index (χ4v) is 4.45. The minimum absolute atomic E-state index is 0.111. The van der Waals surface area contributed by atoms with Crippen LogP contribution in [0.4, 0.5) is 10.5 Å². The quantitative estimate of drug-likeness (QED) is 0.302. The lowest BCUT2D eigenvalue weighted by Crippen LogP contribution is -2.64. The third-order valence-corrected chi connectivity index (χ3v) is 6.25. The summed E-state index contributed by atoms with van der Waals surface area (Å²) in [6.45, 7) is 0.0359. The number of amides is 5. The molecular formula is C24H26N6O7. The lowest BCUT2D eigenvalue weighted by Gasteiger charge is -2.42. The van der Waals surface area contributed by atoms with E-state index in [9.17, 15) is 28.8 Å². The highest BCUT2D eigenvalue weighted by Crippen LogP contribution is 2.25. The molecule has 2 heterocycles. The van der Waals surface area contributed by atoms with Crippen molar-refractivity contribution in [1.29, 1.82) is 0 Å². The Bertz CT molecular complexity index is 1280. The summed E-state index contributed by atoms with van der Waals surface area (Å²) in [4.78, 5) is 74.6. The Balaban J connectivity index is 1.57. The molecule has 13 nitrogen and oxygen atoms in total. The molecule has 0 spiro atoms. The molecule has 0 bridgehead atoms. The zero-order valence-electron chi connectivity index (χ0n) is 19.8. The molecule has 0 radical (unpaired) electrons. The number of rotatable bonds is 7. The number of hydrazine groups is 2. The standard InChI is InChI=1S/C24H26N6O7/c25-18-11-15-5-2-1-4-14(15)10-17(18)22(35)27-28-9-7-20(32)29-8-3-6-19(30(29)24(28)37)23(36)26-16(13-31)12-21(33)34/h1-2,4-5,10-11,13,16,19H,3,6-9,12,25H2,(H,26,36)(H,27,35)(H,33,34). The van der Waals surface area contributed by atoms with E-state index in [1.807, 2.05) is 24.3 Å². The molecule has 194 valence electrons. The van der Waals surface area contributed by atoms with Crippen LogP contribution in [-0.2, 0) is 19.2 Å². The summed E-state index contributed by atoms with van der Waals surface area (Å²) in [6.07, 6.45) is 0.119. The zero-order chi connectivity index (χ0) is 26.7. The molecule has 0 aliphatic carbocycles. The number of nitrogens with zero attached hydrogens (tertiary/aromatic N) is 3. The lowest BCUT2D eigenvalue weighted by molar-refractivity contribution is -0.155. The van der Waals surface area contributed by atoms with Gasteiger partial charge in [-0.2, -0.15) is 0 Å². The Hall–Kier alpha value is -4.68. The van der Waals surface area contributed by atoms with Gasteiger partial charge in [-0.1, -0.05) is 24.3 Å². The molecule has 2 unspecified atom stereocenters. The molecule has 37 heavy (non-hydrogen) atoms. The molecule has 2 saturated heterocycles. The summed E-state index contributed by atoms with van der Waals surface area (Å²) < 4.78 is 0. The number of aldehydes is 1. The number of fused-ring (bicyclic) bond motifs is 2. The topological polar surface area (TPSA) is 182 Å². The van der Waals surface area contributed by atoms with Crippen LogP contribution in [0, 0.1) is 0 Å². The van der Waals surface area contributed by atoms with E-state index in [4.69, 9.17) is 10.8 Å². The predicted molar refractivity (Wildman–Crippen MR) is 129 cm³/mol. The third-order valence-electron chi connectivity index (χ3n) is 6.25. The van der Waals surface area contributed by atoms with E-state index in [0.717, 1.165) is 25.8 Å². The number of aliphatic carboxylic acids is 1. The number of carboxylic acid groups (broad SMARTS) is 1. The van der Waals surface area contributed by atoms with Crippen LogP contribution in [0.25, 0.3) is 10.8 Å². The number of nitrogens with one attached hydrogen (secondary N) is 2. The van der Waals surface area contributed by atoms with Gasteiger partial charge in [0.25, 0.3) is 5.91 Å². The molecule has 2 aliphatic rings. The first-order valence-corrected chi connectivity index (χ1v) is 11.7. The molecular weight excluding hydrogens is 484 g/mol. The summed E-state index contributed by atoms with van der Waals surface area (Å²) in [7, 11) is 0. The molecule has 2 aromatic carbocycles. The average molecular weight is 511 g/mol. The monoisotopic (exact) mass is 510 g/mol. The molecule has 0 aromatic heterocycles. The molecule has 2 atom stereocenters. The number of hydrogen-bond donors (Lipinski definition) is 4. The summed E-state index contributed by atoms with van der Waals surface area (Å²) >= 11 is 0. The van der Waals surface area contributed by atoms with Gasteiger partial charge in [0.05, 0.1) is 24.6 Å². The number of urea groups is 1. The molecule has 2 aliphatic heterocycles. The van der Waals surface area contributed by atoms with Gasteiger partial charge in [-0.15, -0.1) is 0 Å². The molecule has 13 heteroatoms. The van der Waals surface area contributed by atoms with Crippen LogP contribution in [-0.4, -0.2) is 81.3 Å². The molecule has 5 N–H and O–H groups in total. The van der Waals surface area contributed by atoms with Crippen LogP contribution in [0.3, 0.4) is 0 Å². The number of nitrogens with two attached hydrogens (primary N) is 1. The number of nitrogen functional groups attached to an aromatic ring is 1. The SMILES string of the molecule is Nc1cc2ccccc2cc1C(=O)NN1CCC(=O)N2CCCC(C(=O)NC(C=O)CC(=O)O)N2C1=O. The number of hydrogen-bond acceptors (Lipinski definition) is 7. The van der Waals surface area contributed by atoms with Gasteiger partial charge in [-0.25, -0.2) is 19.8 Å². The van der Waals surface area contributed by atoms with Crippen LogP contribution in [0.1, 0.15) is 36.0 Å². The molecule has 2 aromatic rings. The first-order chi connectivity index (χ1) is 17.7. The highest BCUT2D eigenvalue weighted by molar-refractivity contribution is 6.04. The van der Waals surface area contributed by atoms with E-state index in [1.165, 1.54) is 0 Å². The maximum absolute atomic E-state index is 13.5. The minimum atomic E-state index is -1.30. The van der Waals surface area contributed by atoms with Gasteiger partial charge >= 0.3 is 12.0 Å². The second-order valence-electron chi connectivity index (χ2n) is 8.78. The maximum Gasteiger partial charge on any atom is 0.358 e. The van der Waals surface area contributed by atoms with Gasteiger partial charge < -0.3 is 21.0 Å². The van der Waals surface area contributed by atoms with Crippen molar-refractivity contribution in [2.75, 3.05) is 18.8 Å². The van der Waals surface area contributed by atoms with E-state index in [2.05, 4.69) is 10.7 Å². The highest BCUT2D eigenvalue weighted by atomic mass is 16.4. The van der Waals surface area contributed by atoms with E-state index in [1.54, 1.807) is 12.1 Å². The van der Waals surface area contributed by atoms with Crippen molar-refractivity contribution < 1.29 is 33.9 Å². The van der Waals surface area contributed by atoms with Crippen molar-refractivity contribution in [1.82, 2.24) is 25.8 Å². The minimum Gasteiger partial charge on any atom is -0.481 e. The summed E-state index contributed by atoms with van der Waals surface area (Å²) in [6, 6.07) is 7.24. The Morgan fingerprint density at radius 2 is 1.84 bits per heavy atom. The van der Waals surface area contributed by atoms with Crippen LogP contribution in [0.2, 0.25) is 0 Å². The second-order valence-corrected chi connectivity index (χ2v) is 8.78. The van der Waals surface area contributed by atoms with Gasteiger partial charge in [0.15, 0.2) is 0 Å². The Kier molecular flexibility index (Phi) is 7.22. The summed E-state index contributed by atoms with van der Waals surface area (Å²) in [5.41, 5.74) is 8.91. The van der Waals surface area contributed by atoms with Crippen LogP contribution in [0.5, 0.6) is 0 Å². The van der Waals surface area contributed by atoms with Gasteiger partial charge in [0.1, 0.15) is 12.3 Å². The Morgan fingerprint density at radius 1 is 1.14 bits per heavy atom. The highest BCUT2D eigenvalue weighted by Gasteiger charge is 2.44. The van der Waals surface area contributed by atoms with Crippen molar-refractivity contribution in [3.63, 3.8) is 0 Å². The number of carbonyl (C=O) groups is 6. The van der Waals surface area contributed by atoms with Gasteiger partial charge in [0, 0.05) is 18.7 Å². The van der Waals surface area contributed by atoms with Gasteiger partial charge in [0.2, 0.25) is 11.8 Å². The molecule has 5 amide bonds. The van der Waals surface area contributed by atoms with E-state index in [0.29, 0.717) is 12.7 Å². The number of carbonyl (C=O) groups excluding carboxylic acids is 5. The lowest BCUT2D eigenvalue weighted by atomic mass is 10.0. The second kappa shape index (κ2) is 10.5. The van der Waals surface area contributed by atoms with E-state index >= 15 is 0 Å². The number of carboxylic acids is 1. The fraction of sp³-hybridized carbons (Fsp3) is 0.333. The Morgan fingerprint density at radius 3 is 2.51 bits per heavy atom. The van der Waals surface area contributed by atoms with Crippen molar-refractivity contribution in [2.45, 2.75) is 37.8 Å². The third kappa shape index (κ3) is 5.29. The van der Waals surface area contributed by atoms with E-state index < -0.39 is 48.2 Å². The van der Waals surface area contributed by atoms with Gasteiger partial charge in [-0.05, 0) is 35.7 Å². The smallest absolute Gasteiger partial charge is 0.358 e. The average Bonchev–Trinajstić information content (AvgIpc) is 2.99. The van der Waals surface area contributed by atoms with Crippen molar-refractivity contribution >= 4 is 52.5 Å². The number of benzene rings is 2.